The molecule has 0 bridgehead atoms. The molecule has 1 heterocycles. The molecule has 0 spiro atoms. The summed E-state index contributed by atoms with van der Waals surface area (Å²) >= 11 is 1.35. The van der Waals surface area contributed by atoms with Gasteiger partial charge in [-0.2, -0.15) is 0 Å². The van der Waals surface area contributed by atoms with E-state index in [4.69, 9.17) is 0 Å². The minimum atomic E-state index is -1.13. The van der Waals surface area contributed by atoms with E-state index in [1.165, 1.54) is 11.8 Å². The molecule has 1 fully saturated rings. The van der Waals surface area contributed by atoms with Crippen LogP contribution in [-0.2, 0) is 4.79 Å². The van der Waals surface area contributed by atoms with Crippen molar-refractivity contribution in [3.63, 3.8) is 0 Å². The van der Waals surface area contributed by atoms with Crippen molar-refractivity contribution in [2.24, 2.45) is 0 Å². The predicted octanol–water partition coefficient (Wildman–Crippen LogP) is 2.73. The third kappa shape index (κ3) is 3.18. The van der Waals surface area contributed by atoms with Crippen LogP contribution in [-0.4, -0.2) is 39.1 Å². The van der Waals surface area contributed by atoms with Gasteiger partial charge >= 0.3 is 5.97 Å². The summed E-state index contributed by atoms with van der Waals surface area (Å²) in [7, 11) is 0. The van der Waals surface area contributed by atoms with Gasteiger partial charge in [0.2, 0.25) is 0 Å². The van der Waals surface area contributed by atoms with Crippen molar-refractivity contribution < 1.29 is 23.5 Å². The molecule has 0 aromatic heterocycles. The number of carbonyl (C=O) groups excluding carboxylic acids is 1. The number of rotatable bonds is 4. The molecule has 1 aliphatic heterocycles. The Kier molecular flexibility index (Phi) is 4.82. The predicted molar refractivity (Wildman–Crippen MR) is 75.1 cm³/mol. The number of halogens is 2. The van der Waals surface area contributed by atoms with E-state index in [-0.39, 0.29) is 11.1 Å². The highest BCUT2D eigenvalue weighted by Gasteiger charge is 2.42. The van der Waals surface area contributed by atoms with Gasteiger partial charge in [0.05, 0.1) is 10.9 Å². The molecule has 114 valence electrons. The van der Waals surface area contributed by atoms with Crippen LogP contribution in [0.1, 0.15) is 30.1 Å². The van der Waals surface area contributed by atoms with Gasteiger partial charge in [0.25, 0.3) is 5.91 Å². The highest BCUT2D eigenvalue weighted by Crippen LogP contribution is 2.34. The summed E-state index contributed by atoms with van der Waals surface area (Å²) in [5.74, 6) is -3.24. The number of carboxylic acid groups (broad SMARTS) is 1. The van der Waals surface area contributed by atoms with E-state index in [2.05, 4.69) is 0 Å². The van der Waals surface area contributed by atoms with Crippen molar-refractivity contribution in [3.05, 3.63) is 35.4 Å². The Labute approximate surface area is 125 Å². The van der Waals surface area contributed by atoms with E-state index in [9.17, 15) is 23.5 Å². The summed E-state index contributed by atoms with van der Waals surface area (Å²) in [4.78, 5) is 24.9. The van der Waals surface area contributed by atoms with E-state index in [1.807, 2.05) is 6.92 Å². The Bertz CT molecular complexity index is 567. The number of hydrogen-bond acceptors (Lipinski definition) is 3. The standard InChI is InChI=1S/C14H15F2NO3S/c1-2-3-12-17(11(7-21-12)14(19)20)13(18)9-6-8(15)4-5-10(9)16/h4-6,11-12H,2-3,7H2,1H3,(H,19,20). The summed E-state index contributed by atoms with van der Waals surface area (Å²) in [5.41, 5.74) is -0.426. The lowest BCUT2D eigenvalue weighted by Gasteiger charge is -2.27. The second kappa shape index (κ2) is 6.43. The lowest BCUT2D eigenvalue weighted by molar-refractivity contribution is -0.141. The van der Waals surface area contributed by atoms with E-state index in [0.717, 1.165) is 29.5 Å². The fourth-order valence-corrected chi connectivity index (χ4v) is 3.81. The van der Waals surface area contributed by atoms with Crippen LogP contribution >= 0.6 is 11.8 Å². The maximum Gasteiger partial charge on any atom is 0.327 e. The zero-order chi connectivity index (χ0) is 15.6. The molecule has 1 saturated heterocycles. The van der Waals surface area contributed by atoms with Crippen LogP contribution in [0.5, 0.6) is 0 Å². The summed E-state index contributed by atoms with van der Waals surface area (Å²) in [6, 6.07) is 1.59. The number of aliphatic carboxylic acids is 1. The molecular weight excluding hydrogens is 300 g/mol. The number of hydrogen-bond donors (Lipinski definition) is 1. The van der Waals surface area contributed by atoms with Crippen LogP contribution in [0.25, 0.3) is 0 Å². The second-order valence-electron chi connectivity index (χ2n) is 4.77. The topological polar surface area (TPSA) is 57.6 Å². The molecule has 1 N–H and O–H groups in total. The van der Waals surface area contributed by atoms with E-state index >= 15 is 0 Å². The number of benzene rings is 1. The van der Waals surface area contributed by atoms with Gasteiger partial charge in [-0.15, -0.1) is 11.8 Å². The largest absolute Gasteiger partial charge is 0.480 e. The lowest BCUT2D eigenvalue weighted by atomic mass is 10.1. The van der Waals surface area contributed by atoms with E-state index in [1.54, 1.807) is 0 Å². The van der Waals surface area contributed by atoms with Gasteiger partial charge < -0.3 is 10.0 Å². The number of thioether (sulfide) groups is 1. The van der Waals surface area contributed by atoms with Crippen LogP contribution in [0.2, 0.25) is 0 Å². The fourth-order valence-electron chi connectivity index (χ4n) is 2.30. The SMILES string of the molecule is CCCC1SCC(C(=O)O)N1C(=O)c1cc(F)ccc1F. The van der Waals surface area contributed by atoms with E-state index < -0.39 is 35.1 Å². The van der Waals surface area contributed by atoms with Crippen LogP contribution < -0.4 is 0 Å². The third-order valence-corrected chi connectivity index (χ3v) is 4.66. The van der Waals surface area contributed by atoms with Crippen LogP contribution in [0.4, 0.5) is 8.78 Å². The molecule has 1 aliphatic rings. The monoisotopic (exact) mass is 315 g/mol. The average molecular weight is 315 g/mol. The first-order valence-electron chi connectivity index (χ1n) is 6.57. The molecule has 2 atom stereocenters. The van der Waals surface area contributed by atoms with Crippen LogP contribution in [0, 0.1) is 11.6 Å². The van der Waals surface area contributed by atoms with Crippen LogP contribution in [0.3, 0.4) is 0 Å². The first-order valence-corrected chi connectivity index (χ1v) is 7.62. The summed E-state index contributed by atoms with van der Waals surface area (Å²) in [6.45, 7) is 1.92. The van der Waals surface area contributed by atoms with Crippen molar-refractivity contribution in [2.45, 2.75) is 31.2 Å². The molecule has 2 rings (SSSR count). The molecule has 1 aromatic carbocycles. The molecule has 21 heavy (non-hydrogen) atoms. The van der Waals surface area contributed by atoms with Crippen molar-refractivity contribution in [2.75, 3.05) is 5.75 Å². The van der Waals surface area contributed by atoms with Gasteiger partial charge in [-0.3, -0.25) is 4.79 Å². The summed E-state index contributed by atoms with van der Waals surface area (Å²) < 4.78 is 27.0. The highest BCUT2D eigenvalue weighted by molar-refractivity contribution is 8.00. The third-order valence-electron chi connectivity index (χ3n) is 3.31. The van der Waals surface area contributed by atoms with Crippen molar-refractivity contribution in [3.8, 4) is 0 Å². The van der Waals surface area contributed by atoms with Gasteiger partial charge in [0.1, 0.15) is 17.7 Å². The number of nitrogens with zero attached hydrogens (tertiary/aromatic N) is 1. The molecule has 2 unspecified atom stereocenters. The molecule has 0 saturated carbocycles. The van der Waals surface area contributed by atoms with Gasteiger partial charge in [0, 0.05) is 5.75 Å². The van der Waals surface area contributed by atoms with E-state index in [0.29, 0.717) is 6.42 Å². The van der Waals surface area contributed by atoms with Gasteiger partial charge in [-0.05, 0) is 24.6 Å². The smallest absolute Gasteiger partial charge is 0.327 e. The average Bonchev–Trinajstić information content (AvgIpc) is 2.85. The Morgan fingerprint density at radius 1 is 1.43 bits per heavy atom. The quantitative estimate of drug-likeness (QED) is 0.928. The Hall–Kier alpha value is -1.63. The normalized spacial score (nSPS) is 21.6. The van der Waals surface area contributed by atoms with Crippen molar-refractivity contribution in [1.29, 1.82) is 0 Å². The van der Waals surface area contributed by atoms with Crippen molar-refractivity contribution in [1.82, 2.24) is 4.90 Å². The molecule has 0 aliphatic carbocycles. The molecule has 7 heteroatoms. The molecular formula is C14H15F2NO3S. The number of carbonyl (C=O) groups is 2. The zero-order valence-electron chi connectivity index (χ0n) is 11.4. The molecule has 1 aromatic rings. The number of carboxylic acids is 1. The second-order valence-corrected chi connectivity index (χ2v) is 5.98. The molecule has 1 amide bonds. The van der Waals surface area contributed by atoms with Crippen molar-refractivity contribution >= 4 is 23.6 Å². The highest BCUT2D eigenvalue weighted by atomic mass is 32.2. The lowest BCUT2D eigenvalue weighted by Crippen LogP contribution is -2.45. The fraction of sp³-hybridized carbons (Fsp3) is 0.429. The first kappa shape index (κ1) is 15.8. The Morgan fingerprint density at radius 3 is 2.76 bits per heavy atom. The van der Waals surface area contributed by atoms with Gasteiger partial charge in [-0.25, -0.2) is 13.6 Å². The summed E-state index contributed by atoms with van der Waals surface area (Å²) in [5, 5.41) is 8.89. The maximum absolute atomic E-state index is 13.7. The number of amides is 1. The zero-order valence-corrected chi connectivity index (χ0v) is 12.2. The molecule has 0 radical (unpaired) electrons. The van der Waals surface area contributed by atoms with Gasteiger partial charge in [0.15, 0.2) is 0 Å². The Balaban J connectivity index is 2.36. The first-order chi connectivity index (χ1) is 9.95. The minimum absolute atomic E-state index is 0.253. The van der Waals surface area contributed by atoms with Crippen LogP contribution in [0.15, 0.2) is 18.2 Å². The minimum Gasteiger partial charge on any atom is -0.480 e. The maximum atomic E-state index is 13.7. The summed E-state index contributed by atoms with van der Waals surface area (Å²) in [6.07, 6.45) is 1.37. The van der Waals surface area contributed by atoms with Gasteiger partial charge in [-0.1, -0.05) is 13.3 Å². The Morgan fingerprint density at radius 2 is 2.14 bits per heavy atom. The molecule has 4 nitrogen and oxygen atoms in total.